The van der Waals surface area contributed by atoms with E-state index >= 15 is 0 Å². The van der Waals surface area contributed by atoms with Gasteiger partial charge in [-0.2, -0.15) is 0 Å². The standard InChI is InChI=1S/C15H19NO2/c1-2-3-8-16-15(18)10-11-9-14(17)13-7-5-4-6-12(11)13/h4-7,11H,2-3,8-10H2,1H3,(H,16,18)/t11-/m0/s1. The van der Waals surface area contributed by atoms with E-state index in [1.165, 1.54) is 0 Å². The number of amides is 1. The number of nitrogens with one attached hydrogen (secondary N) is 1. The second kappa shape index (κ2) is 5.80. The van der Waals surface area contributed by atoms with Crippen molar-refractivity contribution in [3.8, 4) is 0 Å². The second-order valence-corrected chi connectivity index (χ2v) is 4.82. The van der Waals surface area contributed by atoms with Crippen LogP contribution in [-0.4, -0.2) is 18.2 Å². The highest BCUT2D eigenvalue weighted by atomic mass is 16.1. The fourth-order valence-corrected chi connectivity index (χ4v) is 2.43. The van der Waals surface area contributed by atoms with Crippen molar-refractivity contribution in [1.82, 2.24) is 5.32 Å². The van der Waals surface area contributed by atoms with Gasteiger partial charge in [-0.25, -0.2) is 0 Å². The molecule has 1 aliphatic rings. The molecule has 0 aliphatic heterocycles. The summed E-state index contributed by atoms with van der Waals surface area (Å²) < 4.78 is 0. The summed E-state index contributed by atoms with van der Waals surface area (Å²) in [6, 6.07) is 7.62. The summed E-state index contributed by atoms with van der Waals surface area (Å²) in [7, 11) is 0. The van der Waals surface area contributed by atoms with Crippen molar-refractivity contribution in [3.05, 3.63) is 35.4 Å². The zero-order chi connectivity index (χ0) is 13.0. The molecule has 18 heavy (non-hydrogen) atoms. The van der Waals surface area contributed by atoms with Crippen LogP contribution in [-0.2, 0) is 4.79 Å². The first-order chi connectivity index (χ1) is 8.72. The lowest BCUT2D eigenvalue weighted by molar-refractivity contribution is -0.121. The molecular formula is C15H19NO2. The minimum atomic E-state index is 0.0537. The van der Waals surface area contributed by atoms with E-state index in [1.54, 1.807) is 0 Å². The fourth-order valence-electron chi connectivity index (χ4n) is 2.43. The van der Waals surface area contributed by atoms with Crippen LogP contribution in [0, 0.1) is 0 Å². The maximum Gasteiger partial charge on any atom is 0.220 e. The average molecular weight is 245 g/mol. The Bertz CT molecular complexity index is 454. The zero-order valence-electron chi connectivity index (χ0n) is 10.7. The van der Waals surface area contributed by atoms with Crippen molar-refractivity contribution < 1.29 is 9.59 Å². The number of carbonyl (C=O) groups excluding carboxylic acids is 2. The van der Waals surface area contributed by atoms with E-state index in [-0.39, 0.29) is 17.6 Å². The normalized spacial score (nSPS) is 17.6. The van der Waals surface area contributed by atoms with Crippen LogP contribution in [0.3, 0.4) is 0 Å². The molecule has 0 spiro atoms. The zero-order valence-corrected chi connectivity index (χ0v) is 10.7. The molecule has 1 aromatic rings. The number of Topliss-reactive ketones (excluding diaryl/α,β-unsaturated/α-hetero) is 1. The van der Waals surface area contributed by atoms with E-state index in [4.69, 9.17) is 0 Å². The molecule has 0 heterocycles. The monoisotopic (exact) mass is 245 g/mol. The van der Waals surface area contributed by atoms with Crippen molar-refractivity contribution in [2.45, 2.75) is 38.5 Å². The van der Waals surface area contributed by atoms with Gasteiger partial charge in [0.1, 0.15) is 0 Å². The van der Waals surface area contributed by atoms with E-state index in [0.717, 1.165) is 30.5 Å². The summed E-state index contributed by atoms with van der Waals surface area (Å²) in [6.45, 7) is 2.83. The Labute approximate surface area is 108 Å². The molecule has 1 N–H and O–H groups in total. The summed E-state index contributed by atoms with van der Waals surface area (Å²) in [5.74, 6) is 0.283. The molecule has 0 unspecified atom stereocenters. The van der Waals surface area contributed by atoms with Gasteiger partial charge in [-0.15, -0.1) is 0 Å². The Morgan fingerprint density at radius 2 is 2.17 bits per heavy atom. The lowest BCUT2D eigenvalue weighted by atomic mass is 9.97. The molecule has 0 radical (unpaired) electrons. The third kappa shape index (κ3) is 2.78. The molecule has 0 bridgehead atoms. The first-order valence-electron chi connectivity index (χ1n) is 6.61. The van der Waals surface area contributed by atoms with Crippen molar-refractivity contribution in [2.24, 2.45) is 0 Å². The number of ketones is 1. The van der Waals surface area contributed by atoms with Gasteiger partial charge in [0.25, 0.3) is 0 Å². The molecule has 0 fully saturated rings. The number of carbonyl (C=O) groups is 2. The van der Waals surface area contributed by atoms with E-state index in [2.05, 4.69) is 12.2 Å². The SMILES string of the molecule is CCCCNC(=O)C[C@@H]1CC(=O)c2ccccc21. The number of unbranched alkanes of at least 4 members (excludes halogenated alkanes) is 1. The first-order valence-corrected chi connectivity index (χ1v) is 6.61. The maximum atomic E-state index is 11.8. The quantitative estimate of drug-likeness (QED) is 0.811. The van der Waals surface area contributed by atoms with Gasteiger partial charge >= 0.3 is 0 Å². The van der Waals surface area contributed by atoms with Crippen LogP contribution in [0.5, 0.6) is 0 Å². The van der Waals surface area contributed by atoms with Crippen LogP contribution >= 0.6 is 0 Å². The predicted octanol–water partition coefficient (Wildman–Crippen LogP) is 2.66. The third-order valence-corrected chi connectivity index (χ3v) is 3.42. The van der Waals surface area contributed by atoms with Crippen molar-refractivity contribution >= 4 is 11.7 Å². The fraction of sp³-hybridized carbons (Fsp3) is 0.467. The molecule has 1 amide bonds. The van der Waals surface area contributed by atoms with Crippen LogP contribution in [0.4, 0.5) is 0 Å². The van der Waals surface area contributed by atoms with Crippen molar-refractivity contribution in [1.29, 1.82) is 0 Å². The van der Waals surface area contributed by atoms with Crippen LogP contribution < -0.4 is 5.32 Å². The number of rotatable bonds is 5. The molecule has 96 valence electrons. The summed E-state index contributed by atoms with van der Waals surface area (Å²) in [5.41, 5.74) is 1.83. The highest BCUT2D eigenvalue weighted by molar-refractivity contribution is 6.01. The van der Waals surface area contributed by atoms with E-state index in [1.807, 2.05) is 24.3 Å². The largest absolute Gasteiger partial charge is 0.356 e. The number of hydrogen-bond acceptors (Lipinski definition) is 2. The number of fused-ring (bicyclic) bond motifs is 1. The Balaban J connectivity index is 1.96. The van der Waals surface area contributed by atoms with Crippen LogP contribution in [0.15, 0.2) is 24.3 Å². The number of benzene rings is 1. The molecule has 0 saturated heterocycles. The average Bonchev–Trinajstić information content (AvgIpc) is 2.67. The second-order valence-electron chi connectivity index (χ2n) is 4.82. The number of hydrogen-bond donors (Lipinski definition) is 1. The molecule has 3 nitrogen and oxygen atoms in total. The minimum Gasteiger partial charge on any atom is -0.356 e. The molecule has 0 saturated carbocycles. The molecule has 2 rings (SSSR count). The molecule has 1 aliphatic carbocycles. The van der Waals surface area contributed by atoms with E-state index in [0.29, 0.717) is 12.8 Å². The predicted molar refractivity (Wildman–Crippen MR) is 70.7 cm³/mol. The van der Waals surface area contributed by atoms with E-state index in [9.17, 15) is 9.59 Å². The summed E-state index contributed by atoms with van der Waals surface area (Å²) in [6.07, 6.45) is 2.98. The molecular weight excluding hydrogens is 226 g/mol. The van der Waals surface area contributed by atoms with Gasteiger partial charge in [0, 0.05) is 30.9 Å². The van der Waals surface area contributed by atoms with Gasteiger partial charge in [-0.3, -0.25) is 9.59 Å². The van der Waals surface area contributed by atoms with E-state index < -0.39 is 0 Å². The Morgan fingerprint density at radius 3 is 2.94 bits per heavy atom. The highest BCUT2D eigenvalue weighted by Gasteiger charge is 2.30. The molecule has 3 heteroatoms. The van der Waals surface area contributed by atoms with Crippen LogP contribution in [0.1, 0.15) is 54.4 Å². The smallest absolute Gasteiger partial charge is 0.220 e. The highest BCUT2D eigenvalue weighted by Crippen LogP contribution is 2.34. The van der Waals surface area contributed by atoms with Gasteiger partial charge in [-0.05, 0) is 12.0 Å². The van der Waals surface area contributed by atoms with Crippen molar-refractivity contribution in [2.75, 3.05) is 6.54 Å². The minimum absolute atomic E-state index is 0.0537. The Hall–Kier alpha value is -1.64. The van der Waals surface area contributed by atoms with Crippen molar-refractivity contribution in [3.63, 3.8) is 0 Å². The maximum absolute atomic E-state index is 11.8. The van der Waals surface area contributed by atoms with Crippen LogP contribution in [0.2, 0.25) is 0 Å². The Morgan fingerprint density at radius 1 is 1.39 bits per heavy atom. The van der Waals surface area contributed by atoms with Gasteiger partial charge in [0.15, 0.2) is 5.78 Å². The summed E-state index contributed by atoms with van der Waals surface area (Å²) in [4.78, 5) is 23.6. The van der Waals surface area contributed by atoms with Gasteiger partial charge in [0.2, 0.25) is 5.91 Å². The third-order valence-electron chi connectivity index (χ3n) is 3.42. The lowest BCUT2D eigenvalue weighted by Crippen LogP contribution is -2.25. The van der Waals surface area contributed by atoms with Gasteiger partial charge < -0.3 is 5.32 Å². The first kappa shape index (κ1) is 12.8. The summed E-state index contributed by atoms with van der Waals surface area (Å²) in [5, 5.41) is 2.91. The lowest BCUT2D eigenvalue weighted by Gasteiger charge is -2.10. The molecule has 0 aromatic heterocycles. The summed E-state index contributed by atoms with van der Waals surface area (Å²) >= 11 is 0. The topological polar surface area (TPSA) is 46.2 Å². The van der Waals surface area contributed by atoms with Gasteiger partial charge in [-0.1, -0.05) is 37.6 Å². The Kier molecular flexibility index (Phi) is 4.13. The van der Waals surface area contributed by atoms with Gasteiger partial charge in [0.05, 0.1) is 0 Å². The van der Waals surface area contributed by atoms with Crippen LogP contribution in [0.25, 0.3) is 0 Å². The molecule has 1 aromatic carbocycles. The molecule has 1 atom stereocenters.